The highest BCUT2D eigenvalue weighted by Gasteiger charge is 2.25. The van der Waals surface area contributed by atoms with E-state index in [1.54, 1.807) is 0 Å². The molecule has 1 aliphatic heterocycles. The first-order valence-electron chi connectivity index (χ1n) is 4.92. The van der Waals surface area contributed by atoms with Crippen LogP contribution in [0.5, 0.6) is 0 Å². The van der Waals surface area contributed by atoms with Crippen LogP contribution in [0.2, 0.25) is 0 Å². The number of aliphatic hydroxyl groups is 1. The zero-order valence-corrected chi connectivity index (χ0v) is 9.50. The van der Waals surface area contributed by atoms with E-state index in [0.29, 0.717) is 6.54 Å². The Morgan fingerprint density at radius 1 is 1.36 bits per heavy atom. The number of benzene rings is 1. The van der Waals surface area contributed by atoms with Gasteiger partial charge in [0.1, 0.15) is 0 Å². The van der Waals surface area contributed by atoms with Crippen molar-refractivity contribution in [3.63, 3.8) is 0 Å². The Hall–Kier alpha value is -0.380. The van der Waals surface area contributed by atoms with Crippen molar-refractivity contribution in [2.75, 3.05) is 13.1 Å². The molecule has 0 aliphatic carbocycles. The molecule has 1 aliphatic rings. The molecule has 76 valence electrons. The van der Waals surface area contributed by atoms with Gasteiger partial charge in [-0.05, 0) is 24.6 Å². The van der Waals surface area contributed by atoms with Crippen molar-refractivity contribution in [1.29, 1.82) is 0 Å². The molecule has 14 heavy (non-hydrogen) atoms. The van der Waals surface area contributed by atoms with Crippen LogP contribution in [0.25, 0.3) is 0 Å². The largest absolute Gasteiger partial charge is 0.391 e. The second kappa shape index (κ2) is 4.43. The zero-order valence-electron chi connectivity index (χ0n) is 7.91. The quantitative estimate of drug-likeness (QED) is 0.804. The number of hydrogen-bond donors (Lipinski definition) is 2. The van der Waals surface area contributed by atoms with Crippen LogP contribution in [0.15, 0.2) is 28.7 Å². The molecule has 2 atom stereocenters. The highest BCUT2D eigenvalue weighted by molar-refractivity contribution is 9.10. The van der Waals surface area contributed by atoms with Gasteiger partial charge in [0.2, 0.25) is 0 Å². The summed E-state index contributed by atoms with van der Waals surface area (Å²) in [6.07, 6.45) is 0.742. The van der Waals surface area contributed by atoms with Crippen molar-refractivity contribution in [3.05, 3.63) is 34.3 Å². The van der Waals surface area contributed by atoms with Gasteiger partial charge in [-0.25, -0.2) is 0 Å². The van der Waals surface area contributed by atoms with E-state index in [4.69, 9.17) is 0 Å². The zero-order chi connectivity index (χ0) is 9.97. The van der Waals surface area contributed by atoms with Crippen LogP contribution < -0.4 is 5.32 Å². The van der Waals surface area contributed by atoms with Gasteiger partial charge < -0.3 is 10.4 Å². The van der Waals surface area contributed by atoms with Crippen molar-refractivity contribution in [2.45, 2.75) is 18.4 Å². The molecule has 0 aromatic heterocycles. The third kappa shape index (κ3) is 2.00. The molecule has 1 fully saturated rings. The minimum absolute atomic E-state index is 0.262. The number of rotatable bonds is 1. The molecule has 0 saturated carbocycles. The van der Waals surface area contributed by atoms with Gasteiger partial charge in [0.15, 0.2) is 0 Å². The molecule has 1 heterocycles. The average Bonchev–Trinajstić information content (AvgIpc) is 2.20. The molecule has 0 spiro atoms. The molecule has 2 unspecified atom stereocenters. The topological polar surface area (TPSA) is 32.3 Å². The SMILES string of the molecule is OC1CNCCC1c1ccccc1Br. The van der Waals surface area contributed by atoms with E-state index in [1.807, 2.05) is 18.2 Å². The van der Waals surface area contributed by atoms with E-state index in [0.717, 1.165) is 17.4 Å². The lowest BCUT2D eigenvalue weighted by Gasteiger charge is -2.29. The van der Waals surface area contributed by atoms with E-state index in [-0.39, 0.29) is 12.0 Å². The number of aliphatic hydroxyl groups excluding tert-OH is 1. The Kier molecular flexibility index (Phi) is 3.21. The summed E-state index contributed by atoms with van der Waals surface area (Å²) < 4.78 is 1.10. The summed E-state index contributed by atoms with van der Waals surface area (Å²) in [5, 5.41) is 13.1. The average molecular weight is 256 g/mol. The van der Waals surface area contributed by atoms with Gasteiger partial charge in [0.05, 0.1) is 6.10 Å². The van der Waals surface area contributed by atoms with Crippen LogP contribution in [0, 0.1) is 0 Å². The summed E-state index contributed by atoms with van der Waals surface area (Å²) >= 11 is 3.53. The Bertz CT molecular complexity index is 316. The summed E-state index contributed by atoms with van der Waals surface area (Å²) in [5.74, 6) is 0.270. The standard InChI is InChI=1S/C11H14BrNO/c12-10-4-2-1-3-8(10)9-5-6-13-7-11(9)14/h1-4,9,11,13-14H,5-7H2. The van der Waals surface area contributed by atoms with Gasteiger partial charge in [0, 0.05) is 16.9 Å². The smallest absolute Gasteiger partial charge is 0.0733 e. The maximum atomic E-state index is 9.86. The highest BCUT2D eigenvalue weighted by atomic mass is 79.9. The van der Waals surface area contributed by atoms with E-state index in [9.17, 15) is 5.11 Å². The van der Waals surface area contributed by atoms with Crippen LogP contribution in [0.3, 0.4) is 0 Å². The van der Waals surface area contributed by atoms with Gasteiger partial charge in [-0.2, -0.15) is 0 Å². The van der Waals surface area contributed by atoms with E-state index < -0.39 is 0 Å². The summed E-state index contributed by atoms with van der Waals surface area (Å²) in [7, 11) is 0. The van der Waals surface area contributed by atoms with Crippen molar-refractivity contribution in [3.8, 4) is 0 Å². The molecule has 0 radical (unpaired) electrons. The van der Waals surface area contributed by atoms with Crippen LogP contribution in [0.1, 0.15) is 17.9 Å². The second-order valence-corrected chi connectivity index (χ2v) is 4.54. The monoisotopic (exact) mass is 255 g/mol. The lowest BCUT2D eigenvalue weighted by Crippen LogP contribution is -2.39. The Morgan fingerprint density at radius 3 is 2.86 bits per heavy atom. The third-order valence-corrected chi connectivity index (χ3v) is 3.48. The molecule has 0 bridgehead atoms. The molecule has 2 rings (SSSR count). The van der Waals surface area contributed by atoms with Gasteiger partial charge in [-0.3, -0.25) is 0 Å². The van der Waals surface area contributed by atoms with Gasteiger partial charge in [-0.1, -0.05) is 34.1 Å². The summed E-state index contributed by atoms with van der Waals surface area (Å²) in [5.41, 5.74) is 1.22. The Labute approximate surface area is 92.5 Å². The molecule has 2 N–H and O–H groups in total. The first-order valence-corrected chi connectivity index (χ1v) is 5.71. The predicted molar refractivity (Wildman–Crippen MR) is 60.4 cm³/mol. The Morgan fingerprint density at radius 2 is 2.14 bits per heavy atom. The van der Waals surface area contributed by atoms with E-state index in [2.05, 4.69) is 27.3 Å². The van der Waals surface area contributed by atoms with Crippen molar-refractivity contribution >= 4 is 15.9 Å². The second-order valence-electron chi connectivity index (χ2n) is 3.69. The molecular formula is C11H14BrNO. The highest BCUT2D eigenvalue weighted by Crippen LogP contribution is 2.30. The Balaban J connectivity index is 2.25. The lowest BCUT2D eigenvalue weighted by molar-refractivity contribution is 0.118. The number of β-amino-alcohol motifs (C(OH)–C–C–N with tert-alkyl or cyclic N) is 1. The molecule has 2 nitrogen and oxygen atoms in total. The van der Waals surface area contributed by atoms with Crippen molar-refractivity contribution in [1.82, 2.24) is 5.32 Å². The van der Waals surface area contributed by atoms with E-state index in [1.165, 1.54) is 5.56 Å². The normalized spacial score (nSPS) is 27.6. The van der Waals surface area contributed by atoms with Gasteiger partial charge >= 0.3 is 0 Å². The first kappa shape index (κ1) is 10.1. The van der Waals surface area contributed by atoms with Crippen LogP contribution >= 0.6 is 15.9 Å². The van der Waals surface area contributed by atoms with Crippen molar-refractivity contribution < 1.29 is 5.11 Å². The van der Waals surface area contributed by atoms with Gasteiger partial charge in [0.25, 0.3) is 0 Å². The molecule has 1 aromatic rings. The maximum Gasteiger partial charge on any atom is 0.0733 e. The predicted octanol–water partition coefficient (Wildman–Crippen LogP) is 1.89. The fourth-order valence-corrected chi connectivity index (χ4v) is 2.56. The lowest BCUT2D eigenvalue weighted by atomic mass is 9.88. The number of piperidine rings is 1. The molecular weight excluding hydrogens is 242 g/mol. The molecule has 1 aromatic carbocycles. The fourth-order valence-electron chi connectivity index (χ4n) is 1.98. The summed E-state index contributed by atoms with van der Waals surface area (Å²) in [6.45, 7) is 1.69. The van der Waals surface area contributed by atoms with Crippen molar-refractivity contribution in [2.24, 2.45) is 0 Å². The minimum Gasteiger partial charge on any atom is -0.391 e. The number of halogens is 1. The molecule has 3 heteroatoms. The number of hydrogen-bond acceptors (Lipinski definition) is 2. The number of nitrogens with one attached hydrogen (secondary N) is 1. The van der Waals surface area contributed by atoms with Crippen LogP contribution in [-0.2, 0) is 0 Å². The summed E-state index contributed by atoms with van der Waals surface area (Å²) in [4.78, 5) is 0. The first-order chi connectivity index (χ1) is 6.79. The third-order valence-electron chi connectivity index (χ3n) is 2.75. The molecule has 0 amide bonds. The fraction of sp³-hybridized carbons (Fsp3) is 0.455. The molecule has 1 saturated heterocycles. The summed E-state index contributed by atoms with van der Waals surface area (Å²) in [6, 6.07) is 8.14. The van der Waals surface area contributed by atoms with Gasteiger partial charge in [-0.15, -0.1) is 0 Å². The van der Waals surface area contributed by atoms with E-state index >= 15 is 0 Å². The van der Waals surface area contributed by atoms with Crippen LogP contribution in [0.4, 0.5) is 0 Å². The maximum absolute atomic E-state index is 9.86. The minimum atomic E-state index is -0.262. The van der Waals surface area contributed by atoms with Crippen LogP contribution in [-0.4, -0.2) is 24.3 Å².